The van der Waals surface area contributed by atoms with E-state index in [4.69, 9.17) is 27.9 Å². The second-order valence-electron chi connectivity index (χ2n) is 9.20. The van der Waals surface area contributed by atoms with Crippen LogP contribution in [0.2, 0.25) is 10.0 Å². The van der Waals surface area contributed by atoms with Crippen LogP contribution in [0.3, 0.4) is 0 Å². The van der Waals surface area contributed by atoms with E-state index in [1.807, 2.05) is 6.07 Å². The average molecular weight is 638 g/mol. The van der Waals surface area contributed by atoms with Crippen LogP contribution in [0.4, 0.5) is 11.4 Å². The fourth-order valence-corrected chi connectivity index (χ4v) is 5.64. The SMILES string of the molecule is CCNC(=O)[C@@H](Cc1ccccc1)N(Cc1c(Cl)cccc1Cl)C(=O)CN(c1cc([N+](=O)[O-])ccc1OC)S(C)(=O)=O. The number of halogens is 2. The van der Waals surface area contributed by atoms with Crippen LogP contribution < -0.4 is 14.4 Å². The van der Waals surface area contributed by atoms with Gasteiger partial charge in [0.2, 0.25) is 21.8 Å². The van der Waals surface area contributed by atoms with Crippen molar-refractivity contribution >= 4 is 56.4 Å². The van der Waals surface area contributed by atoms with E-state index >= 15 is 0 Å². The minimum atomic E-state index is -4.20. The number of likely N-dealkylation sites (N-methyl/N-ethyl adjacent to an activating group) is 1. The van der Waals surface area contributed by atoms with Crippen LogP contribution in [0, 0.1) is 10.1 Å². The molecular formula is C28H30Cl2N4O7S. The number of carbonyl (C=O) groups is 2. The van der Waals surface area contributed by atoms with Crippen molar-refractivity contribution < 1.29 is 27.7 Å². The molecule has 0 heterocycles. The molecule has 3 aromatic rings. The maximum atomic E-state index is 14.1. The highest BCUT2D eigenvalue weighted by molar-refractivity contribution is 7.92. The first-order valence-electron chi connectivity index (χ1n) is 12.7. The summed E-state index contributed by atoms with van der Waals surface area (Å²) in [4.78, 5) is 39.6. The molecule has 0 spiro atoms. The maximum Gasteiger partial charge on any atom is 0.271 e. The highest BCUT2D eigenvalue weighted by Crippen LogP contribution is 2.34. The molecule has 224 valence electrons. The molecule has 42 heavy (non-hydrogen) atoms. The van der Waals surface area contributed by atoms with Gasteiger partial charge in [0, 0.05) is 47.3 Å². The molecule has 0 saturated heterocycles. The van der Waals surface area contributed by atoms with Crippen molar-refractivity contribution in [3.05, 3.63) is 98.0 Å². The van der Waals surface area contributed by atoms with E-state index < -0.39 is 45.0 Å². The Morgan fingerprint density at radius 3 is 2.24 bits per heavy atom. The number of methoxy groups -OCH3 is 1. The molecular weight excluding hydrogens is 607 g/mol. The first-order valence-corrected chi connectivity index (χ1v) is 15.3. The number of ether oxygens (including phenoxy) is 1. The van der Waals surface area contributed by atoms with E-state index in [0.717, 1.165) is 24.0 Å². The number of benzene rings is 3. The number of sulfonamides is 1. The summed E-state index contributed by atoms with van der Waals surface area (Å²) >= 11 is 12.9. The number of non-ortho nitro benzene ring substituents is 1. The number of nitro groups is 1. The second kappa shape index (κ2) is 14.3. The molecule has 0 saturated carbocycles. The smallest absolute Gasteiger partial charge is 0.271 e. The van der Waals surface area contributed by atoms with Crippen molar-refractivity contribution in [1.29, 1.82) is 0 Å². The number of hydrogen-bond donors (Lipinski definition) is 1. The third kappa shape index (κ3) is 8.11. The quantitative estimate of drug-likeness (QED) is 0.216. The van der Waals surface area contributed by atoms with Crippen molar-refractivity contribution in [1.82, 2.24) is 10.2 Å². The van der Waals surface area contributed by atoms with Gasteiger partial charge in [-0.1, -0.05) is 59.6 Å². The molecule has 2 amide bonds. The van der Waals surface area contributed by atoms with Gasteiger partial charge in [-0.25, -0.2) is 8.42 Å². The van der Waals surface area contributed by atoms with E-state index in [9.17, 15) is 28.1 Å². The Morgan fingerprint density at radius 2 is 1.69 bits per heavy atom. The molecule has 1 atom stereocenters. The molecule has 3 rings (SSSR count). The van der Waals surface area contributed by atoms with Crippen molar-refractivity contribution in [2.45, 2.75) is 25.9 Å². The number of carbonyl (C=O) groups excluding carboxylic acids is 2. The van der Waals surface area contributed by atoms with Crippen molar-refractivity contribution in [3.8, 4) is 5.75 Å². The fourth-order valence-electron chi connectivity index (χ4n) is 4.28. The average Bonchev–Trinajstić information content (AvgIpc) is 2.94. The first-order chi connectivity index (χ1) is 19.9. The largest absolute Gasteiger partial charge is 0.495 e. The highest BCUT2D eigenvalue weighted by atomic mass is 35.5. The number of nitrogens with zero attached hydrogens (tertiary/aromatic N) is 3. The first kappa shape index (κ1) is 32.6. The molecule has 0 bridgehead atoms. The summed E-state index contributed by atoms with van der Waals surface area (Å²) in [7, 11) is -2.93. The Balaban J connectivity index is 2.16. The van der Waals surface area contributed by atoms with Gasteiger partial charge >= 0.3 is 0 Å². The standard InChI is InChI=1S/C28H30Cl2N4O7S/c1-4-31-28(36)25(15-19-9-6-5-7-10-19)32(17-21-22(29)11-8-12-23(21)30)27(35)18-33(42(3,39)40)24-16-20(34(37)38)13-14-26(24)41-2/h5-14,16,25H,4,15,17-18H2,1-3H3,(H,31,36)/t25-/m1/s1. The number of rotatable bonds is 13. The van der Waals surface area contributed by atoms with Crippen molar-refractivity contribution in [2.24, 2.45) is 0 Å². The van der Waals surface area contributed by atoms with Crippen LogP contribution in [0.25, 0.3) is 0 Å². The van der Waals surface area contributed by atoms with Gasteiger partial charge in [0.1, 0.15) is 24.0 Å². The molecule has 0 aliphatic heterocycles. The maximum absolute atomic E-state index is 14.1. The third-order valence-corrected chi connectivity index (χ3v) is 8.17. The van der Waals surface area contributed by atoms with Crippen LogP contribution in [0.1, 0.15) is 18.1 Å². The van der Waals surface area contributed by atoms with Crippen LogP contribution in [0.5, 0.6) is 5.75 Å². The highest BCUT2D eigenvalue weighted by Gasteiger charge is 2.34. The summed E-state index contributed by atoms with van der Waals surface area (Å²) in [6, 6.07) is 16.1. The Kier molecular flexibility index (Phi) is 11.1. The predicted molar refractivity (Wildman–Crippen MR) is 161 cm³/mol. The molecule has 0 aromatic heterocycles. The van der Waals surface area contributed by atoms with Crippen molar-refractivity contribution in [3.63, 3.8) is 0 Å². The molecule has 1 N–H and O–H groups in total. The van der Waals surface area contributed by atoms with E-state index in [-0.39, 0.29) is 41.0 Å². The molecule has 0 unspecified atom stereocenters. The summed E-state index contributed by atoms with van der Waals surface area (Å²) in [5, 5.41) is 14.7. The normalized spacial score (nSPS) is 11.8. The molecule has 11 nitrogen and oxygen atoms in total. The van der Waals surface area contributed by atoms with Crippen LogP contribution in [-0.2, 0) is 32.6 Å². The Hall–Kier alpha value is -3.87. The van der Waals surface area contributed by atoms with E-state index in [0.29, 0.717) is 9.87 Å². The third-order valence-electron chi connectivity index (χ3n) is 6.33. The van der Waals surface area contributed by atoms with Gasteiger partial charge in [0.05, 0.1) is 18.3 Å². The van der Waals surface area contributed by atoms with Crippen LogP contribution >= 0.6 is 23.2 Å². The molecule has 3 aromatic carbocycles. The Morgan fingerprint density at radius 1 is 1.05 bits per heavy atom. The van der Waals surface area contributed by atoms with Gasteiger partial charge in [0.25, 0.3) is 5.69 Å². The van der Waals surface area contributed by atoms with Gasteiger partial charge in [-0.3, -0.25) is 24.0 Å². The second-order valence-corrected chi connectivity index (χ2v) is 11.9. The van der Waals surface area contributed by atoms with Gasteiger partial charge < -0.3 is 15.0 Å². The van der Waals surface area contributed by atoms with E-state index in [1.54, 1.807) is 49.4 Å². The van der Waals surface area contributed by atoms with Crippen molar-refractivity contribution in [2.75, 3.05) is 30.8 Å². The zero-order valence-electron chi connectivity index (χ0n) is 23.1. The van der Waals surface area contributed by atoms with Gasteiger partial charge in [0.15, 0.2) is 0 Å². The Labute approximate surface area is 254 Å². The van der Waals surface area contributed by atoms with Gasteiger partial charge in [-0.2, -0.15) is 0 Å². The summed E-state index contributed by atoms with van der Waals surface area (Å²) in [5.41, 5.74) is 0.485. The zero-order valence-corrected chi connectivity index (χ0v) is 25.4. The lowest BCUT2D eigenvalue weighted by atomic mass is 10.0. The molecule has 14 heteroatoms. The topological polar surface area (TPSA) is 139 Å². The van der Waals surface area contributed by atoms with Crippen LogP contribution in [0.15, 0.2) is 66.7 Å². The summed E-state index contributed by atoms with van der Waals surface area (Å²) in [6.07, 6.45) is 0.957. The molecule has 0 aliphatic carbocycles. The van der Waals surface area contributed by atoms with E-state index in [2.05, 4.69) is 5.32 Å². The molecule has 0 fully saturated rings. The number of hydrogen-bond acceptors (Lipinski definition) is 7. The molecule has 0 aliphatic rings. The number of nitro benzene ring substituents is 1. The number of amides is 2. The Bertz CT molecular complexity index is 1530. The monoisotopic (exact) mass is 636 g/mol. The van der Waals surface area contributed by atoms with Gasteiger partial charge in [-0.15, -0.1) is 0 Å². The van der Waals surface area contributed by atoms with Gasteiger partial charge in [-0.05, 0) is 30.7 Å². The van der Waals surface area contributed by atoms with E-state index in [1.165, 1.54) is 18.1 Å². The lowest BCUT2D eigenvalue weighted by molar-refractivity contribution is -0.384. The lowest BCUT2D eigenvalue weighted by Crippen LogP contribution is -2.53. The summed E-state index contributed by atoms with van der Waals surface area (Å²) in [6.45, 7) is 0.979. The summed E-state index contributed by atoms with van der Waals surface area (Å²) < 4.78 is 32.0. The minimum absolute atomic E-state index is 0.0101. The molecule has 0 radical (unpaired) electrons. The zero-order chi connectivity index (χ0) is 31.0. The fraction of sp³-hybridized carbons (Fsp3) is 0.286. The number of anilines is 1. The van der Waals surface area contributed by atoms with Crippen LogP contribution in [-0.4, -0.2) is 62.6 Å². The summed E-state index contributed by atoms with van der Waals surface area (Å²) in [5.74, 6) is -1.27. The predicted octanol–water partition coefficient (Wildman–Crippen LogP) is 4.45. The minimum Gasteiger partial charge on any atom is -0.495 e. The number of nitrogens with one attached hydrogen (secondary N) is 1. The lowest BCUT2D eigenvalue weighted by Gasteiger charge is -2.34.